The molecule has 0 saturated heterocycles. The molecule has 116 valence electrons. The molecule has 0 aromatic carbocycles. The number of ketones is 1. The highest BCUT2D eigenvalue weighted by Crippen LogP contribution is 2.62. The lowest BCUT2D eigenvalue weighted by molar-refractivity contribution is -0.116. The Kier molecular flexibility index (Phi) is 3.12. The van der Waals surface area contributed by atoms with Crippen LogP contribution in [0, 0.1) is 35.0 Å². The zero-order valence-electron chi connectivity index (χ0n) is 13.3. The Morgan fingerprint density at radius 1 is 1.24 bits per heavy atom. The van der Waals surface area contributed by atoms with E-state index in [1.807, 2.05) is 6.08 Å². The summed E-state index contributed by atoms with van der Waals surface area (Å²) in [4.78, 5) is 11.8. The molecule has 4 aliphatic carbocycles. The van der Waals surface area contributed by atoms with E-state index in [2.05, 4.69) is 13.8 Å². The van der Waals surface area contributed by atoms with E-state index in [1.54, 1.807) is 0 Å². The summed E-state index contributed by atoms with van der Waals surface area (Å²) in [6, 6.07) is 0. The van der Waals surface area contributed by atoms with E-state index in [4.69, 9.17) is 0 Å². The first kappa shape index (κ1) is 14.0. The summed E-state index contributed by atoms with van der Waals surface area (Å²) in [7, 11) is 0. The fourth-order valence-corrected chi connectivity index (χ4v) is 6.56. The van der Waals surface area contributed by atoms with Crippen LogP contribution in [0.5, 0.6) is 0 Å². The molecule has 0 radical (unpaired) electrons. The summed E-state index contributed by atoms with van der Waals surface area (Å²) in [6.07, 6.45) is 9.54. The van der Waals surface area contributed by atoms with Gasteiger partial charge in [0.05, 0.1) is 6.10 Å². The third-order valence-electron chi connectivity index (χ3n) is 7.59. The highest BCUT2D eigenvalue weighted by molar-refractivity contribution is 5.91. The van der Waals surface area contributed by atoms with Gasteiger partial charge in [0.2, 0.25) is 0 Å². The van der Waals surface area contributed by atoms with Crippen molar-refractivity contribution < 1.29 is 9.90 Å². The molecule has 7 atom stereocenters. The normalized spacial score (nSPS) is 52.7. The van der Waals surface area contributed by atoms with Crippen LogP contribution >= 0.6 is 0 Å². The quantitative estimate of drug-likeness (QED) is 0.737. The number of fused-ring (bicyclic) bond motifs is 5. The minimum atomic E-state index is -0.0828. The van der Waals surface area contributed by atoms with Gasteiger partial charge in [0, 0.05) is 6.42 Å². The minimum Gasteiger partial charge on any atom is -0.393 e. The van der Waals surface area contributed by atoms with Crippen molar-refractivity contribution in [2.24, 2.45) is 35.0 Å². The van der Waals surface area contributed by atoms with Crippen molar-refractivity contribution >= 4 is 5.78 Å². The summed E-state index contributed by atoms with van der Waals surface area (Å²) >= 11 is 0. The van der Waals surface area contributed by atoms with E-state index in [0.717, 1.165) is 37.5 Å². The molecule has 0 heterocycles. The molecule has 1 N–H and O–H groups in total. The summed E-state index contributed by atoms with van der Waals surface area (Å²) in [6.45, 7) is 4.73. The van der Waals surface area contributed by atoms with E-state index < -0.39 is 0 Å². The summed E-state index contributed by atoms with van der Waals surface area (Å²) in [5.74, 6) is 3.96. The van der Waals surface area contributed by atoms with Gasteiger partial charge in [-0.2, -0.15) is 0 Å². The lowest BCUT2D eigenvalue weighted by Crippen LogP contribution is -2.50. The van der Waals surface area contributed by atoms with E-state index in [1.165, 1.54) is 24.8 Å². The maximum Gasteiger partial charge on any atom is 0.155 e. The molecule has 4 rings (SSSR count). The second kappa shape index (κ2) is 4.68. The van der Waals surface area contributed by atoms with Gasteiger partial charge >= 0.3 is 0 Å². The second-order valence-corrected chi connectivity index (χ2v) is 8.50. The highest BCUT2D eigenvalue weighted by atomic mass is 16.3. The molecule has 0 unspecified atom stereocenters. The maximum atomic E-state index is 11.8. The van der Waals surface area contributed by atoms with Crippen molar-refractivity contribution in [3.05, 3.63) is 11.6 Å². The van der Waals surface area contributed by atoms with E-state index in [9.17, 15) is 9.90 Å². The van der Waals surface area contributed by atoms with Crippen LogP contribution in [-0.4, -0.2) is 17.0 Å². The van der Waals surface area contributed by atoms with E-state index in [-0.39, 0.29) is 11.5 Å². The number of aliphatic hydroxyl groups is 1. The molecule has 0 aliphatic heterocycles. The lowest BCUT2D eigenvalue weighted by atomic mass is 9.49. The van der Waals surface area contributed by atoms with Crippen molar-refractivity contribution in [3.63, 3.8) is 0 Å². The Morgan fingerprint density at radius 2 is 2.05 bits per heavy atom. The second-order valence-electron chi connectivity index (χ2n) is 8.50. The Hall–Kier alpha value is -0.630. The first-order valence-electron chi connectivity index (χ1n) is 8.92. The van der Waals surface area contributed by atoms with Crippen molar-refractivity contribution in [2.75, 3.05) is 0 Å². The average Bonchev–Trinajstić information content (AvgIpc) is 2.74. The molecular formula is C19H28O2. The van der Waals surface area contributed by atoms with Gasteiger partial charge in [-0.1, -0.05) is 19.4 Å². The molecule has 3 fully saturated rings. The van der Waals surface area contributed by atoms with Crippen molar-refractivity contribution in [1.29, 1.82) is 0 Å². The van der Waals surface area contributed by atoms with Crippen LogP contribution < -0.4 is 0 Å². The van der Waals surface area contributed by atoms with Crippen molar-refractivity contribution in [1.82, 2.24) is 0 Å². The minimum absolute atomic E-state index is 0.0828. The van der Waals surface area contributed by atoms with Crippen LogP contribution in [0.2, 0.25) is 0 Å². The molecule has 2 nitrogen and oxygen atoms in total. The van der Waals surface area contributed by atoms with E-state index >= 15 is 0 Å². The molecular weight excluding hydrogens is 260 g/mol. The van der Waals surface area contributed by atoms with Gasteiger partial charge in [0.1, 0.15) is 0 Å². The fraction of sp³-hybridized carbons (Fsp3) is 0.842. The molecule has 0 bridgehead atoms. The van der Waals surface area contributed by atoms with Crippen LogP contribution in [0.15, 0.2) is 11.6 Å². The van der Waals surface area contributed by atoms with Crippen molar-refractivity contribution in [2.45, 2.75) is 64.9 Å². The smallest absolute Gasteiger partial charge is 0.155 e. The monoisotopic (exact) mass is 288 g/mol. The molecule has 2 heteroatoms. The average molecular weight is 288 g/mol. The van der Waals surface area contributed by atoms with E-state index in [0.29, 0.717) is 23.5 Å². The number of hydrogen-bond donors (Lipinski definition) is 1. The zero-order valence-corrected chi connectivity index (χ0v) is 13.3. The molecule has 21 heavy (non-hydrogen) atoms. The largest absolute Gasteiger partial charge is 0.393 e. The molecule has 0 aromatic heterocycles. The molecule has 3 saturated carbocycles. The van der Waals surface area contributed by atoms with Crippen LogP contribution in [0.3, 0.4) is 0 Å². The lowest BCUT2D eigenvalue weighted by Gasteiger charge is -2.55. The van der Waals surface area contributed by atoms with Gasteiger partial charge in [0.15, 0.2) is 5.78 Å². The third-order valence-corrected chi connectivity index (χ3v) is 7.59. The number of carbonyl (C=O) groups excluding carboxylic acids is 1. The Morgan fingerprint density at radius 3 is 2.86 bits per heavy atom. The topological polar surface area (TPSA) is 37.3 Å². The number of aliphatic hydroxyl groups excluding tert-OH is 1. The molecule has 0 aromatic rings. The van der Waals surface area contributed by atoms with Gasteiger partial charge in [-0.25, -0.2) is 0 Å². The zero-order chi connectivity index (χ0) is 14.8. The SMILES string of the molecule is C[C@@H]1CC2=CC(=O)CC[C@@H]2[C@@H]2CC[C@]3(C)[C@H](O)CC[C@@H]3[C@H]21. The fourth-order valence-electron chi connectivity index (χ4n) is 6.56. The standard InChI is InChI=1S/C19H28O2/c1-11-9-12-10-13(20)3-4-14(12)15-7-8-19(2)16(18(11)15)5-6-17(19)21/h10-11,14-18,21H,3-9H2,1-2H3/t11-,14+,15+,16-,17-,18+,19+/m1/s1. The maximum absolute atomic E-state index is 11.8. The summed E-state index contributed by atoms with van der Waals surface area (Å²) < 4.78 is 0. The van der Waals surface area contributed by atoms with Crippen LogP contribution in [-0.2, 0) is 4.79 Å². The predicted octanol–water partition coefficient (Wildman–Crippen LogP) is 3.74. The van der Waals surface area contributed by atoms with Gasteiger partial charge < -0.3 is 5.11 Å². The Balaban J connectivity index is 1.68. The Labute approximate surface area is 128 Å². The highest BCUT2D eigenvalue weighted by Gasteiger charge is 2.57. The third kappa shape index (κ3) is 1.91. The number of rotatable bonds is 0. The van der Waals surface area contributed by atoms with Crippen molar-refractivity contribution in [3.8, 4) is 0 Å². The number of carbonyl (C=O) groups is 1. The van der Waals surface area contributed by atoms with Crippen LogP contribution in [0.1, 0.15) is 58.8 Å². The molecule has 0 amide bonds. The summed E-state index contributed by atoms with van der Waals surface area (Å²) in [5, 5.41) is 10.5. The van der Waals surface area contributed by atoms with Gasteiger partial charge in [0.25, 0.3) is 0 Å². The number of hydrogen-bond acceptors (Lipinski definition) is 2. The van der Waals surface area contributed by atoms with Gasteiger partial charge in [-0.3, -0.25) is 4.79 Å². The molecule has 4 aliphatic rings. The molecule has 0 spiro atoms. The van der Waals surface area contributed by atoms with Gasteiger partial charge in [-0.05, 0) is 79.6 Å². The first-order valence-corrected chi connectivity index (χ1v) is 8.92. The predicted molar refractivity (Wildman–Crippen MR) is 82.6 cm³/mol. The van der Waals surface area contributed by atoms with Crippen LogP contribution in [0.4, 0.5) is 0 Å². The van der Waals surface area contributed by atoms with Crippen LogP contribution in [0.25, 0.3) is 0 Å². The Bertz CT molecular complexity index is 494. The number of allylic oxidation sites excluding steroid dienone is 1. The van der Waals surface area contributed by atoms with Gasteiger partial charge in [-0.15, -0.1) is 0 Å². The summed E-state index contributed by atoms with van der Waals surface area (Å²) in [5.41, 5.74) is 1.63. The first-order chi connectivity index (χ1) is 10.0.